The van der Waals surface area contributed by atoms with Gasteiger partial charge in [0.2, 0.25) is 0 Å². The average Bonchev–Trinajstić information content (AvgIpc) is 3.35. The van der Waals surface area contributed by atoms with Gasteiger partial charge < -0.3 is 24.4 Å². The topological polar surface area (TPSA) is 77.1 Å². The van der Waals surface area contributed by atoms with Gasteiger partial charge in [0.25, 0.3) is 11.8 Å². The standard InChI is InChI=1S/C25H28N2O5S/c1-4-31-20-9-7-16(12-21(20)30-3)13-23-25(29)27(2)19-14-17(8-10-22(19)33-23)24(28)26-15-18-6-5-11-32-18/h7-10,12-14,18H,4-6,11,15H2,1-3H3,(H,26,28)/b23-13+/t18-/m0/s1. The maximum atomic E-state index is 13.1. The first-order valence-corrected chi connectivity index (χ1v) is 11.8. The lowest BCUT2D eigenvalue weighted by atomic mass is 10.1. The Hall–Kier alpha value is -2.97. The number of hydrogen-bond acceptors (Lipinski definition) is 6. The molecule has 1 fully saturated rings. The van der Waals surface area contributed by atoms with E-state index >= 15 is 0 Å². The number of carbonyl (C=O) groups is 2. The minimum Gasteiger partial charge on any atom is -0.493 e. The van der Waals surface area contributed by atoms with Crippen LogP contribution in [0.1, 0.15) is 35.7 Å². The van der Waals surface area contributed by atoms with Crippen molar-refractivity contribution in [1.82, 2.24) is 5.32 Å². The highest BCUT2D eigenvalue weighted by atomic mass is 32.2. The van der Waals surface area contributed by atoms with Crippen LogP contribution in [0.25, 0.3) is 6.08 Å². The molecule has 1 N–H and O–H groups in total. The summed E-state index contributed by atoms with van der Waals surface area (Å²) in [5.41, 5.74) is 2.08. The first-order valence-electron chi connectivity index (χ1n) is 11.0. The van der Waals surface area contributed by atoms with E-state index in [0.717, 1.165) is 35.6 Å². The molecule has 2 heterocycles. The number of benzene rings is 2. The summed E-state index contributed by atoms with van der Waals surface area (Å²) in [5.74, 6) is 0.989. The summed E-state index contributed by atoms with van der Waals surface area (Å²) in [5, 5.41) is 2.93. The van der Waals surface area contributed by atoms with Crippen LogP contribution in [0, 0.1) is 0 Å². The van der Waals surface area contributed by atoms with Crippen molar-refractivity contribution in [3.8, 4) is 11.5 Å². The highest BCUT2D eigenvalue weighted by molar-refractivity contribution is 8.04. The van der Waals surface area contributed by atoms with E-state index in [9.17, 15) is 9.59 Å². The molecule has 0 aromatic heterocycles. The Bertz CT molecular complexity index is 1080. The van der Waals surface area contributed by atoms with E-state index < -0.39 is 0 Å². The number of fused-ring (bicyclic) bond motifs is 1. The lowest BCUT2D eigenvalue weighted by Gasteiger charge is -2.27. The van der Waals surface area contributed by atoms with Gasteiger partial charge >= 0.3 is 0 Å². The minimum atomic E-state index is -0.165. The van der Waals surface area contributed by atoms with E-state index in [-0.39, 0.29) is 17.9 Å². The van der Waals surface area contributed by atoms with Crippen LogP contribution < -0.4 is 19.7 Å². The van der Waals surface area contributed by atoms with Crippen LogP contribution >= 0.6 is 11.8 Å². The summed E-state index contributed by atoms with van der Waals surface area (Å²) in [7, 11) is 3.31. The van der Waals surface area contributed by atoms with Crippen molar-refractivity contribution >= 4 is 35.3 Å². The fourth-order valence-corrected chi connectivity index (χ4v) is 4.94. The zero-order valence-electron chi connectivity index (χ0n) is 19.1. The van der Waals surface area contributed by atoms with E-state index in [1.165, 1.54) is 11.8 Å². The largest absolute Gasteiger partial charge is 0.493 e. The van der Waals surface area contributed by atoms with Crippen LogP contribution in [0.4, 0.5) is 5.69 Å². The van der Waals surface area contributed by atoms with Gasteiger partial charge in [0.15, 0.2) is 11.5 Å². The van der Waals surface area contributed by atoms with Gasteiger partial charge in [-0.25, -0.2) is 0 Å². The Labute approximate surface area is 198 Å². The molecule has 0 aliphatic carbocycles. The molecular weight excluding hydrogens is 440 g/mol. The van der Waals surface area contributed by atoms with Crippen LogP contribution in [-0.2, 0) is 9.53 Å². The van der Waals surface area contributed by atoms with Gasteiger partial charge in [-0.15, -0.1) is 0 Å². The fraction of sp³-hybridized carbons (Fsp3) is 0.360. The van der Waals surface area contributed by atoms with E-state index in [0.29, 0.717) is 35.1 Å². The number of nitrogens with one attached hydrogen (secondary N) is 1. The second kappa shape index (κ2) is 10.3. The SMILES string of the molecule is CCOc1ccc(/C=C2/Sc3ccc(C(=O)NC[C@@H]4CCCO4)cc3N(C)C2=O)cc1OC. The monoisotopic (exact) mass is 468 g/mol. The fourth-order valence-electron chi connectivity index (χ4n) is 3.85. The Kier molecular flexibility index (Phi) is 7.25. The second-order valence-electron chi connectivity index (χ2n) is 7.85. The van der Waals surface area contributed by atoms with Crippen molar-refractivity contribution in [3.05, 3.63) is 52.4 Å². The number of anilines is 1. The smallest absolute Gasteiger partial charge is 0.264 e. The van der Waals surface area contributed by atoms with E-state index in [1.54, 1.807) is 31.2 Å². The quantitative estimate of drug-likeness (QED) is 0.617. The summed E-state index contributed by atoms with van der Waals surface area (Å²) in [6.45, 7) is 3.71. The third kappa shape index (κ3) is 5.17. The van der Waals surface area contributed by atoms with E-state index in [4.69, 9.17) is 14.2 Å². The van der Waals surface area contributed by atoms with Crippen molar-refractivity contribution in [2.75, 3.05) is 38.8 Å². The molecular formula is C25H28N2O5S. The molecule has 1 atom stereocenters. The molecule has 0 saturated carbocycles. The van der Waals surface area contributed by atoms with Gasteiger partial charge in [0.1, 0.15) is 0 Å². The van der Waals surface area contributed by atoms with Crippen LogP contribution in [0.15, 0.2) is 46.2 Å². The van der Waals surface area contributed by atoms with Crippen molar-refractivity contribution in [1.29, 1.82) is 0 Å². The number of ether oxygens (including phenoxy) is 3. The van der Waals surface area contributed by atoms with Crippen LogP contribution in [-0.4, -0.2) is 51.8 Å². The molecule has 0 spiro atoms. The highest BCUT2D eigenvalue weighted by Crippen LogP contribution is 2.42. The first-order chi connectivity index (χ1) is 16.0. The maximum absolute atomic E-state index is 13.1. The van der Waals surface area contributed by atoms with E-state index in [2.05, 4.69) is 5.32 Å². The molecule has 2 aliphatic rings. The summed E-state index contributed by atoms with van der Waals surface area (Å²) < 4.78 is 16.5. The van der Waals surface area contributed by atoms with Crippen molar-refractivity contribution in [2.45, 2.75) is 30.8 Å². The van der Waals surface area contributed by atoms with E-state index in [1.807, 2.05) is 37.3 Å². The number of likely N-dealkylation sites (N-methyl/N-ethyl adjacent to an activating group) is 1. The summed E-state index contributed by atoms with van der Waals surface area (Å²) in [4.78, 5) is 28.8. The number of amides is 2. The molecule has 2 aromatic rings. The lowest BCUT2D eigenvalue weighted by Crippen LogP contribution is -2.33. The highest BCUT2D eigenvalue weighted by Gasteiger charge is 2.27. The predicted octanol–water partition coefficient (Wildman–Crippen LogP) is 4.11. The zero-order chi connectivity index (χ0) is 23.4. The zero-order valence-corrected chi connectivity index (χ0v) is 19.9. The van der Waals surface area contributed by atoms with Crippen molar-refractivity contribution in [3.63, 3.8) is 0 Å². The summed E-state index contributed by atoms with van der Waals surface area (Å²) in [6, 6.07) is 11.0. The molecule has 33 heavy (non-hydrogen) atoms. The van der Waals surface area contributed by atoms with Crippen LogP contribution in [0.2, 0.25) is 0 Å². The summed E-state index contributed by atoms with van der Waals surface area (Å²) >= 11 is 1.39. The first kappa shape index (κ1) is 23.2. The second-order valence-corrected chi connectivity index (χ2v) is 8.93. The third-order valence-corrected chi connectivity index (χ3v) is 6.69. The lowest BCUT2D eigenvalue weighted by molar-refractivity contribution is -0.114. The molecule has 7 nitrogen and oxygen atoms in total. The predicted molar refractivity (Wildman–Crippen MR) is 129 cm³/mol. The van der Waals surface area contributed by atoms with Gasteiger partial charge in [0.05, 0.1) is 30.4 Å². The molecule has 174 valence electrons. The van der Waals surface area contributed by atoms with Crippen molar-refractivity contribution < 1.29 is 23.8 Å². The normalized spacial score (nSPS) is 18.9. The number of methoxy groups -OCH3 is 1. The molecule has 8 heteroatoms. The van der Waals surface area contributed by atoms with Gasteiger partial charge in [-0.1, -0.05) is 17.8 Å². The Morgan fingerprint density at radius 2 is 2.12 bits per heavy atom. The molecule has 2 aliphatic heterocycles. The minimum absolute atomic E-state index is 0.0836. The maximum Gasteiger partial charge on any atom is 0.264 e. The molecule has 0 radical (unpaired) electrons. The van der Waals surface area contributed by atoms with Crippen LogP contribution in [0.5, 0.6) is 11.5 Å². The Morgan fingerprint density at radius 1 is 1.27 bits per heavy atom. The van der Waals surface area contributed by atoms with Crippen molar-refractivity contribution in [2.24, 2.45) is 0 Å². The summed E-state index contributed by atoms with van der Waals surface area (Å²) in [6.07, 6.45) is 3.92. The molecule has 2 amide bonds. The average molecular weight is 469 g/mol. The van der Waals surface area contributed by atoms with Gasteiger partial charge in [0, 0.05) is 30.7 Å². The van der Waals surface area contributed by atoms with Crippen LogP contribution in [0.3, 0.4) is 0 Å². The Balaban J connectivity index is 1.52. The number of carbonyl (C=O) groups excluding carboxylic acids is 2. The van der Waals surface area contributed by atoms with Gasteiger partial charge in [-0.05, 0) is 61.7 Å². The molecule has 0 bridgehead atoms. The Morgan fingerprint density at radius 3 is 2.85 bits per heavy atom. The van der Waals surface area contributed by atoms with Gasteiger partial charge in [-0.3, -0.25) is 9.59 Å². The number of thioether (sulfide) groups is 1. The molecule has 4 rings (SSSR count). The number of nitrogens with zero attached hydrogens (tertiary/aromatic N) is 1. The third-order valence-electron chi connectivity index (χ3n) is 5.62. The molecule has 0 unspecified atom stereocenters. The number of hydrogen-bond donors (Lipinski definition) is 1. The molecule has 2 aromatic carbocycles. The molecule has 1 saturated heterocycles. The number of rotatable bonds is 7. The van der Waals surface area contributed by atoms with Gasteiger partial charge in [-0.2, -0.15) is 0 Å².